The van der Waals surface area contributed by atoms with Gasteiger partial charge in [-0.1, -0.05) is 59.0 Å². The number of halogens is 3. The summed E-state index contributed by atoms with van der Waals surface area (Å²) in [5.41, 5.74) is 0.860. The van der Waals surface area contributed by atoms with Crippen molar-refractivity contribution in [3.05, 3.63) is 33.8 Å². The molecule has 0 saturated heterocycles. The molecule has 0 aliphatic rings. The average Bonchev–Trinajstić information content (AvgIpc) is 2.30. The lowest BCUT2D eigenvalue weighted by molar-refractivity contribution is -0.121. The number of alkyl halides is 1. The van der Waals surface area contributed by atoms with Crippen molar-refractivity contribution in [3.8, 4) is 0 Å². The summed E-state index contributed by atoms with van der Waals surface area (Å²) < 4.78 is 0. The molecule has 0 aliphatic carbocycles. The van der Waals surface area contributed by atoms with Gasteiger partial charge in [0.1, 0.15) is 0 Å². The Bertz CT molecular complexity index is 423. The van der Waals surface area contributed by atoms with Crippen LogP contribution < -0.4 is 5.32 Å². The Morgan fingerprint density at radius 3 is 2.50 bits per heavy atom. The first-order chi connectivity index (χ1) is 8.43. The van der Waals surface area contributed by atoms with Gasteiger partial charge >= 0.3 is 0 Å². The predicted molar refractivity (Wildman–Crippen MR) is 80.7 cm³/mol. The number of amides is 1. The van der Waals surface area contributed by atoms with Gasteiger partial charge in [-0.3, -0.25) is 4.79 Å². The third kappa shape index (κ3) is 4.79. The molecule has 1 aromatic carbocycles. The maximum atomic E-state index is 11.9. The Balaban J connectivity index is 2.61. The smallest absolute Gasteiger partial charge is 0.224 e. The summed E-state index contributed by atoms with van der Waals surface area (Å²) in [5, 5.41) is 4.71. The molecular weight excluding hydrogens is 337 g/mol. The molecule has 2 nitrogen and oxygen atoms in total. The van der Waals surface area contributed by atoms with Crippen molar-refractivity contribution in [1.29, 1.82) is 0 Å². The van der Waals surface area contributed by atoms with Crippen LogP contribution in [0.5, 0.6) is 0 Å². The second kappa shape index (κ2) is 7.37. The molecule has 1 N–H and O–H groups in total. The van der Waals surface area contributed by atoms with Gasteiger partial charge in [-0.2, -0.15) is 0 Å². The Hall–Kier alpha value is -0.250. The Kier molecular flexibility index (Phi) is 6.47. The summed E-state index contributed by atoms with van der Waals surface area (Å²) in [4.78, 5) is 11.9. The van der Waals surface area contributed by atoms with Gasteiger partial charge in [-0.15, -0.1) is 0 Å². The molecule has 1 aromatic rings. The monoisotopic (exact) mass is 351 g/mol. The summed E-state index contributed by atoms with van der Waals surface area (Å²) in [7, 11) is 0. The van der Waals surface area contributed by atoms with E-state index in [1.165, 1.54) is 0 Å². The van der Waals surface area contributed by atoms with Gasteiger partial charge in [-0.05, 0) is 23.6 Å². The first-order valence-electron chi connectivity index (χ1n) is 5.73. The second-order valence-electron chi connectivity index (χ2n) is 4.50. The number of hydrogen-bond donors (Lipinski definition) is 1. The summed E-state index contributed by atoms with van der Waals surface area (Å²) in [5.74, 6) is 0.383. The van der Waals surface area contributed by atoms with Crippen molar-refractivity contribution >= 4 is 45.0 Å². The minimum Gasteiger partial charge on any atom is -0.352 e. The zero-order valence-electron chi connectivity index (χ0n) is 10.3. The first-order valence-corrected chi connectivity index (χ1v) is 7.61. The van der Waals surface area contributed by atoms with E-state index >= 15 is 0 Å². The summed E-state index contributed by atoms with van der Waals surface area (Å²) in [6.07, 6.45) is 0.313. The topological polar surface area (TPSA) is 29.1 Å². The standard InChI is InChI=1S/C13H16BrCl2NO/c1-8(2)12(7-14)17-13(18)6-9-3-4-10(15)11(16)5-9/h3-5,8,12H,6-7H2,1-2H3,(H,17,18). The molecule has 0 fully saturated rings. The van der Waals surface area contributed by atoms with Crippen molar-refractivity contribution in [3.63, 3.8) is 0 Å². The van der Waals surface area contributed by atoms with E-state index in [1.54, 1.807) is 12.1 Å². The van der Waals surface area contributed by atoms with Crippen molar-refractivity contribution in [2.45, 2.75) is 26.3 Å². The fourth-order valence-corrected chi connectivity index (χ4v) is 2.71. The van der Waals surface area contributed by atoms with E-state index in [9.17, 15) is 4.79 Å². The lowest BCUT2D eigenvalue weighted by atomic mass is 10.1. The lowest BCUT2D eigenvalue weighted by Crippen LogP contribution is -2.40. The first kappa shape index (κ1) is 15.8. The van der Waals surface area contributed by atoms with Crippen LogP contribution in [0, 0.1) is 5.92 Å². The molecule has 0 aliphatic heterocycles. The summed E-state index contributed by atoms with van der Waals surface area (Å²) in [6.45, 7) is 4.15. The largest absolute Gasteiger partial charge is 0.352 e. The Morgan fingerprint density at radius 2 is 2.00 bits per heavy atom. The van der Waals surface area contributed by atoms with E-state index in [0.29, 0.717) is 22.4 Å². The highest BCUT2D eigenvalue weighted by molar-refractivity contribution is 9.09. The number of carbonyl (C=O) groups excluding carboxylic acids is 1. The van der Waals surface area contributed by atoms with Crippen molar-refractivity contribution in [2.75, 3.05) is 5.33 Å². The molecule has 0 aromatic heterocycles. The molecule has 18 heavy (non-hydrogen) atoms. The third-order valence-corrected chi connectivity index (χ3v) is 4.10. The molecule has 1 unspecified atom stereocenters. The van der Waals surface area contributed by atoms with Crippen molar-refractivity contribution < 1.29 is 4.79 Å². The lowest BCUT2D eigenvalue weighted by Gasteiger charge is -2.19. The van der Waals surface area contributed by atoms with Crippen LogP contribution in [0.1, 0.15) is 19.4 Å². The number of rotatable bonds is 5. The molecule has 1 amide bonds. The number of benzene rings is 1. The Labute approximate surface area is 126 Å². The number of carbonyl (C=O) groups is 1. The second-order valence-corrected chi connectivity index (χ2v) is 5.96. The fourth-order valence-electron chi connectivity index (χ4n) is 1.48. The van der Waals surface area contributed by atoms with Gasteiger partial charge in [0.2, 0.25) is 5.91 Å². The van der Waals surface area contributed by atoms with Crippen LogP contribution in [0.4, 0.5) is 0 Å². The van der Waals surface area contributed by atoms with Crippen LogP contribution in [0.15, 0.2) is 18.2 Å². The highest BCUT2D eigenvalue weighted by Gasteiger charge is 2.15. The molecule has 0 spiro atoms. The van der Waals surface area contributed by atoms with Gasteiger partial charge in [0.15, 0.2) is 0 Å². The molecule has 1 atom stereocenters. The van der Waals surface area contributed by atoms with Crippen LogP contribution in [-0.2, 0) is 11.2 Å². The number of nitrogens with one attached hydrogen (secondary N) is 1. The van der Waals surface area contributed by atoms with Gasteiger partial charge in [0, 0.05) is 11.4 Å². The predicted octanol–water partition coefficient (Wildman–Crippen LogP) is 4.07. The molecular formula is C13H16BrCl2NO. The number of hydrogen-bond acceptors (Lipinski definition) is 1. The van der Waals surface area contributed by atoms with Gasteiger partial charge < -0.3 is 5.32 Å². The molecule has 0 radical (unpaired) electrons. The van der Waals surface area contributed by atoms with Crippen LogP contribution >= 0.6 is 39.1 Å². The molecule has 100 valence electrons. The average molecular weight is 353 g/mol. The van der Waals surface area contributed by atoms with Gasteiger partial charge in [0.05, 0.1) is 16.5 Å². The fraction of sp³-hybridized carbons (Fsp3) is 0.462. The quantitative estimate of drug-likeness (QED) is 0.795. The Morgan fingerprint density at radius 1 is 1.33 bits per heavy atom. The minimum atomic E-state index is -0.00783. The van der Waals surface area contributed by atoms with Gasteiger partial charge in [-0.25, -0.2) is 0 Å². The summed E-state index contributed by atoms with van der Waals surface area (Å²) >= 11 is 15.1. The minimum absolute atomic E-state index is 0.00783. The molecule has 5 heteroatoms. The van der Waals surface area contributed by atoms with E-state index in [0.717, 1.165) is 10.9 Å². The van der Waals surface area contributed by atoms with Crippen LogP contribution in [0.3, 0.4) is 0 Å². The van der Waals surface area contributed by atoms with E-state index in [-0.39, 0.29) is 11.9 Å². The van der Waals surface area contributed by atoms with Gasteiger partial charge in [0.25, 0.3) is 0 Å². The third-order valence-electron chi connectivity index (χ3n) is 2.67. The van der Waals surface area contributed by atoms with E-state index in [1.807, 2.05) is 6.07 Å². The van der Waals surface area contributed by atoms with E-state index in [4.69, 9.17) is 23.2 Å². The van der Waals surface area contributed by atoms with E-state index in [2.05, 4.69) is 35.1 Å². The normalized spacial score (nSPS) is 12.6. The van der Waals surface area contributed by atoms with E-state index < -0.39 is 0 Å². The molecule has 1 rings (SSSR count). The molecule has 0 bridgehead atoms. The molecule has 0 heterocycles. The highest BCUT2D eigenvalue weighted by Crippen LogP contribution is 2.22. The van der Waals surface area contributed by atoms with Crippen LogP contribution in [0.2, 0.25) is 10.0 Å². The van der Waals surface area contributed by atoms with Crippen LogP contribution in [-0.4, -0.2) is 17.3 Å². The maximum Gasteiger partial charge on any atom is 0.224 e. The maximum absolute atomic E-state index is 11.9. The summed E-state index contributed by atoms with van der Waals surface area (Å²) in [6, 6.07) is 5.38. The zero-order chi connectivity index (χ0) is 13.7. The molecule has 0 saturated carbocycles. The van der Waals surface area contributed by atoms with Crippen molar-refractivity contribution in [1.82, 2.24) is 5.32 Å². The van der Waals surface area contributed by atoms with Crippen molar-refractivity contribution in [2.24, 2.45) is 5.92 Å². The zero-order valence-corrected chi connectivity index (χ0v) is 13.4. The van der Waals surface area contributed by atoms with Crippen LogP contribution in [0.25, 0.3) is 0 Å². The highest BCUT2D eigenvalue weighted by atomic mass is 79.9. The SMILES string of the molecule is CC(C)C(CBr)NC(=O)Cc1ccc(Cl)c(Cl)c1.